The molecule has 25 heavy (non-hydrogen) atoms. The fourth-order valence-electron chi connectivity index (χ4n) is 2.95. The first-order valence-corrected chi connectivity index (χ1v) is 9.37. The standard InChI is InChI=1S/C16H19F2NO5S/c17-15(18)25(23,24)12-6-4-11(5-7-12)13(20)19-10-16(14(21)22)8-2-1-3-9-16/h4-7,15H,1-3,8-10H2,(H,19,20)(H,21,22). The predicted molar refractivity (Wildman–Crippen MR) is 85.1 cm³/mol. The summed E-state index contributed by atoms with van der Waals surface area (Å²) in [5.41, 5.74) is -0.920. The second kappa shape index (κ2) is 7.47. The fourth-order valence-corrected chi connectivity index (χ4v) is 3.67. The van der Waals surface area contributed by atoms with E-state index in [0.29, 0.717) is 12.8 Å². The molecule has 1 fully saturated rings. The second-order valence-electron chi connectivity index (χ2n) is 6.16. The van der Waals surface area contributed by atoms with Gasteiger partial charge in [-0.25, -0.2) is 8.42 Å². The second-order valence-corrected chi connectivity index (χ2v) is 8.08. The lowest BCUT2D eigenvalue weighted by atomic mass is 9.74. The Hall–Kier alpha value is -2.03. The summed E-state index contributed by atoms with van der Waals surface area (Å²) in [7, 11) is -4.71. The number of carbonyl (C=O) groups excluding carboxylic acids is 1. The van der Waals surface area contributed by atoms with E-state index in [0.717, 1.165) is 43.5 Å². The normalized spacial score (nSPS) is 17.2. The number of halogens is 2. The highest BCUT2D eigenvalue weighted by Crippen LogP contribution is 2.36. The van der Waals surface area contributed by atoms with E-state index >= 15 is 0 Å². The Bertz CT molecular complexity index is 740. The molecule has 1 aliphatic rings. The van der Waals surface area contributed by atoms with Crippen LogP contribution in [0, 0.1) is 5.41 Å². The van der Waals surface area contributed by atoms with Crippen LogP contribution in [0.15, 0.2) is 29.2 Å². The summed E-state index contributed by atoms with van der Waals surface area (Å²) in [4.78, 5) is 23.1. The Labute approximate surface area is 144 Å². The van der Waals surface area contributed by atoms with Crippen molar-refractivity contribution in [1.29, 1.82) is 0 Å². The molecule has 1 saturated carbocycles. The van der Waals surface area contributed by atoms with E-state index in [1.165, 1.54) is 0 Å². The number of hydrogen-bond acceptors (Lipinski definition) is 4. The molecule has 0 spiro atoms. The van der Waals surface area contributed by atoms with Gasteiger partial charge in [0.2, 0.25) is 9.84 Å². The van der Waals surface area contributed by atoms with E-state index in [1.54, 1.807) is 0 Å². The number of sulfone groups is 1. The van der Waals surface area contributed by atoms with Crippen molar-refractivity contribution in [3.8, 4) is 0 Å². The summed E-state index contributed by atoms with van der Waals surface area (Å²) in [5, 5.41) is 12.0. The Balaban J connectivity index is 2.07. The van der Waals surface area contributed by atoms with Gasteiger partial charge in [0.05, 0.1) is 10.3 Å². The lowest BCUT2D eigenvalue weighted by Crippen LogP contribution is -2.44. The number of carboxylic acids is 1. The van der Waals surface area contributed by atoms with Crippen molar-refractivity contribution in [3.63, 3.8) is 0 Å². The summed E-state index contributed by atoms with van der Waals surface area (Å²) in [6.45, 7) is -0.0295. The van der Waals surface area contributed by atoms with Gasteiger partial charge in [-0.3, -0.25) is 9.59 Å². The van der Waals surface area contributed by atoms with Crippen LogP contribution in [-0.4, -0.2) is 37.7 Å². The minimum absolute atomic E-state index is 0.0295. The van der Waals surface area contributed by atoms with Gasteiger partial charge < -0.3 is 10.4 Å². The van der Waals surface area contributed by atoms with Gasteiger partial charge in [-0.15, -0.1) is 0 Å². The third kappa shape index (κ3) is 4.15. The lowest BCUT2D eigenvalue weighted by molar-refractivity contribution is -0.150. The van der Waals surface area contributed by atoms with Gasteiger partial charge in [0.1, 0.15) is 0 Å². The highest BCUT2D eigenvalue weighted by molar-refractivity contribution is 7.91. The molecular weight excluding hydrogens is 356 g/mol. The van der Waals surface area contributed by atoms with E-state index in [9.17, 15) is 31.9 Å². The van der Waals surface area contributed by atoms with Gasteiger partial charge in [0.15, 0.2) is 0 Å². The Morgan fingerprint density at radius 3 is 2.16 bits per heavy atom. The van der Waals surface area contributed by atoms with E-state index in [-0.39, 0.29) is 12.1 Å². The molecule has 0 saturated heterocycles. The molecule has 0 aliphatic heterocycles. The number of carbonyl (C=O) groups is 2. The van der Waals surface area contributed by atoms with Gasteiger partial charge >= 0.3 is 11.7 Å². The van der Waals surface area contributed by atoms with Crippen LogP contribution < -0.4 is 5.32 Å². The van der Waals surface area contributed by atoms with Gasteiger partial charge in [0.25, 0.3) is 5.91 Å². The number of hydrogen-bond donors (Lipinski definition) is 2. The molecule has 1 aromatic carbocycles. The molecular formula is C16H19F2NO5S. The van der Waals surface area contributed by atoms with Gasteiger partial charge in [-0.1, -0.05) is 19.3 Å². The average molecular weight is 375 g/mol. The van der Waals surface area contributed by atoms with Crippen LogP contribution in [0.1, 0.15) is 42.5 Å². The highest BCUT2D eigenvalue weighted by atomic mass is 32.2. The molecule has 0 heterocycles. The van der Waals surface area contributed by atoms with E-state index in [1.807, 2.05) is 0 Å². The summed E-state index contributed by atoms with van der Waals surface area (Å²) < 4.78 is 47.7. The van der Waals surface area contributed by atoms with Crippen LogP contribution in [0.3, 0.4) is 0 Å². The van der Waals surface area contributed by atoms with Crippen LogP contribution >= 0.6 is 0 Å². The summed E-state index contributed by atoms with van der Waals surface area (Å²) in [6.07, 6.45) is 3.48. The number of benzene rings is 1. The average Bonchev–Trinajstić information content (AvgIpc) is 2.60. The van der Waals surface area contributed by atoms with Crippen LogP contribution in [0.25, 0.3) is 0 Å². The molecule has 0 aromatic heterocycles. The number of aliphatic carboxylic acids is 1. The number of carboxylic acid groups (broad SMARTS) is 1. The van der Waals surface area contributed by atoms with Crippen molar-refractivity contribution in [2.45, 2.75) is 42.8 Å². The minimum Gasteiger partial charge on any atom is -0.481 e. The quantitative estimate of drug-likeness (QED) is 0.795. The number of nitrogens with one attached hydrogen (secondary N) is 1. The predicted octanol–water partition coefficient (Wildman–Crippen LogP) is 2.45. The molecule has 0 radical (unpaired) electrons. The molecule has 0 unspecified atom stereocenters. The summed E-state index contributed by atoms with van der Waals surface area (Å²) in [6, 6.07) is 4.12. The van der Waals surface area contributed by atoms with Gasteiger partial charge in [-0.2, -0.15) is 8.78 Å². The number of amides is 1. The highest BCUT2D eigenvalue weighted by Gasteiger charge is 2.39. The van der Waals surface area contributed by atoms with E-state index in [4.69, 9.17) is 0 Å². The van der Waals surface area contributed by atoms with Crippen molar-refractivity contribution in [2.75, 3.05) is 6.54 Å². The van der Waals surface area contributed by atoms with Crippen molar-refractivity contribution in [2.24, 2.45) is 5.41 Å². The maximum absolute atomic E-state index is 12.5. The minimum atomic E-state index is -4.71. The van der Waals surface area contributed by atoms with Crippen molar-refractivity contribution in [3.05, 3.63) is 29.8 Å². The first kappa shape index (κ1) is 19.3. The fraction of sp³-hybridized carbons (Fsp3) is 0.500. The van der Waals surface area contributed by atoms with Crippen LogP contribution in [0.4, 0.5) is 8.78 Å². The first-order valence-electron chi connectivity index (χ1n) is 7.83. The van der Waals surface area contributed by atoms with E-state index < -0.39 is 37.8 Å². The zero-order chi connectivity index (χ0) is 18.7. The number of alkyl halides is 2. The lowest BCUT2D eigenvalue weighted by Gasteiger charge is -2.33. The number of rotatable bonds is 6. The molecule has 9 heteroatoms. The smallest absolute Gasteiger partial charge is 0.341 e. The molecule has 1 amide bonds. The van der Waals surface area contributed by atoms with Gasteiger partial charge in [0, 0.05) is 12.1 Å². The zero-order valence-electron chi connectivity index (χ0n) is 13.4. The molecule has 1 aliphatic carbocycles. The molecule has 6 nitrogen and oxygen atoms in total. The van der Waals surface area contributed by atoms with Crippen LogP contribution in [0.2, 0.25) is 0 Å². The first-order chi connectivity index (χ1) is 11.7. The topological polar surface area (TPSA) is 101 Å². The molecule has 1 aromatic rings. The largest absolute Gasteiger partial charge is 0.481 e. The van der Waals surface area contributed by atoms with Crippen molar-refractivity contribution >= 4 is 21.7 Å². The Morgan fingerprint density at radius 1 is 1.12 bits per heavy atom. The monoisotopic (exact) mass is 375 g/mol. The molecule has 0 bridgehead atoms. The molecule has 138 valence electrons. The maximum Gasteiger partial charge on any atom is 0.341 e. The molecule has 2 N–H and O–H groups in total. The Morgan fingerprint density at radius 2 is 1.68 bits per heavy atom. The zero-order valence-corrected chi connectivity index (χ0v) is 14.2. The maximum atomic E-state index is 12.5. The Kier molecular flexibility index (Phi) is 5.76. The van der Waals surface area contributed by atoms with Crippen molar-refractivity contribution in [1.82, 2.24) is 5.32 Å². The third-order valence-electron chi connectivity index (χ3n) is 4.53. The SMILES string of the molecule is O=C(NCC1(C(=O)O)CCCCC1)c1ccc(S(=O)(=O)C(F)F)cc1. The van der Waals surface area contributed by atoms with Crippen LogP contribution in [0.5, 0.6) is 0 Å². The van der Waals surface area contributed by atoms with Crippen LogP contribution in [-0.2, 0) is 14.6 Å². The van der Waals surface area contributed by atoms with Gasteiger partial charge in [-0.05, 0) is 37.1 Å². The van der Waals surface area contributed by atoms with Crippen molar-refractivity contribution < 1.29 is 31.9 Å². The molecule has 0 atom stereocenters. The third-order valence-corrected chi connectivity index (χ3v) is 5.93. The summed E-state index contributed by atoms with van der Waals surface area (Å²) >= 11 is 0. The van der Waals surface area contributed by atoms with E-state index in [2.05, 4.69) is 5.32 Å². The molecule has 2 rings (SSSR count). The summed E-state index contributed by atoms with van der Waals surface area (Å²) in [5.74, 6) is -5.06.